The number of hydrogen-bond acceptors (Lipinski definition) is 3. The van der Waals surface area contributed by atoms with Crippen LogP contribution in [0.1, 0.15) is 11.1 Å². The van der Waals surface area contributed by atoms with Crippen molar-refractivity contribution in [2.45, 2.75) is 13.2 Å². The summed E-state index contributed by atoms with van der Waals surface area (Å²) in [5, 5.41) is 7.54. The van der Waals surface area contributed by atoms with Crippen LogP contribution in [0.2, 0.25) is 0 Å². The van der Waals surface area contributed by atoms with E-state index in [1.54, 1.807) is 11.8 Å². The second kappa shape index (κ2) is 5.50. The molecule has 90 valence electrons. The van der Waals surface area contributed by atoms with Crippen LogP contribution in [0.4, 0.5) is 5.82 Å². The summed E-state index contributed by atoms with van der Waals surface area (Å²) < 4.78 is 6.89. The van der Waals surface area contributed by atoms with Crippen molar-refractivity contribution in [2.75, 3.05) is 12.4 Å². The van der Waals surface area contributed by atoms with E-state index in [4.69, 9.17) is 4.74 Å². The molecule has 0 aliphatic heterocycles. The van der Waals surface area contributed by atoms with Gasteiger partial charge < -0.3 is 10.1 Å². The lowest BCUT2D eigenvalue weighted by atomic mass is 10.1. The molecule has 4 heteroatoms. The minimum Gasteiger partial charge on any atom is -0.380 e. The summed E-state index contributed by atoms with van der Waals surface area (Å²) in [6, 6.07) is 10.3. The van der Waals surface area contributed by atoms with Gasteiger partial charge in [-0.15, -0.1) is 0 Å². The molecule has 4 nitrogen and oxygen atoms in total. The van der Waals surface area contributed by atoms with Crippen LogP contribution in [-0.2, 0) is 24.9 Å². The number of anilines is 1. The molecule has 0 fully saturated rings. The van der Waals surface area contributed by atoms with Crippen LogP contribution in [0.15, 0.2) is 36.5 Å². The zero-order valence-corrected chi connectivity index (χ0v) is 10.2. The summed E-state index contributed by atoms with van der Waals surface area (Å²) >= 11 is 0. The predicted molar refractivity (Wildman–Crippen MR) is 67.7 cm³/mol. The van der Waals surface area contributed by atoms with E-state index in [0.717, 1.165) is 12.4 Å². The smallest absolute Gasteiger partial charge is 0.148 e. The predicted octanol–water partition coefficient (Wildman–Crippen LogP) is 2.18. The maximum absolute atomic E-state index is 5.11. The third kappa shape index (κ3) is 3.32. The largest absolute Gasteiger partial charge is 0.380 e. The first-order valence-electron chi connectivity index (χ1n) is 5.58. The summed E-state index contributed by atoms with van der Waals surface area (Å²) in [5.41, 5.74) is 2.41. The zero-order valence-electron chi connectivity index (χ0n) is 10.2. The van der Waals surface area contributed by atoms with Gasteiger partial charge in [-0.1, -0.05) is 24.3 Å². The fourth-order valence-electron chi connectivity index (χ4n) is 1.70. The average Bonchev–Trinajstić information content (AvgIpc) is 2.74. The van der Waals surface area contributed by atoms with Crippen molar-refractivity contribution in [1.82, 2.24) is 9.78 Å². The first-order chi connectivity index (χ1) is 8.28. The van der Waals surface area contributed by atoms with Crippen LogP contribution < -0.4 is 5.32 Å². The molecule has 1 heterocycles. The van der Waals surface area contributed by atoms with Gasteiger partial charge in [0.1, 0.15) is 5.82 Å². The van der Waals surface area contributed by atoms with Crippen LogP contribution in [-0.4, -0.2) is 16.9 Å². The van der Waals surface area contributed by atoms with Crippen molar-refractivity contribution in [3.63, 3.8) is 0 Å². The molecule has 1 aromatic heterocycles. The number of nitrogens with zero attached hydrogens (tertiary/aromatic N) is 2. The molecular formula is C13H17N3O. The van der Waals surface area contributed by atoms with Crippen LogP contribution in [0.3, 0.4) is 0 Å². The summed E-state index contributed by atoms with van der Waals surface area (Å²) in [5.74, 6) is 0.893. The van der Waals surface area contributed by atoms with Gasteiger partial charge in [-0.25, -0.2) is 0 Å². The Morgan fingerprint density at radius 1 is 1.29 bits per heavy atom. The Morgan fingerprint density at radius 3 is 2.82 bits per heavy atom. The van der Waals surface area contributed by atoms with Crippen molar-refractivity contribution < 1.29 is 4.74 Å². The number of methoxy groups -OCH3 is 1. The minimum absolute atomic E-state index is 0.650. The summed E-state index contributed by atoms with van der Waals surface area (Å²) in [6.07, 6.45) is 1.92. The summed E-state index contributed by atoms with van der Waals surface area (Å²) in [7, 11) is 3.61. The first kappa shape index (κ1) is 11.7. The third-order valence-electron chi connectivity index (χ3n) is 2.49. The number of nitrogens with one attached hydrogen (secondary N) is 1. The molecule has 0 saturated carbocycles. The van der Waals surface area contributed by atoms with Crippen molar-refractivity contribution in [3.05, 3.63) is 47.7 Å². The molecule has 1 N–H and O–H groups in total. The Morgan fingerprint density at radius 2 is 2.12 bits per heavy atom. The van der Waals surface area contributed by atoms with Gasteiger partial charge in [0, 0.05) is 33.0 Å². The number of hydrogen-bond donors (Lipinski definition) is 1. The highest BCUT2D eigenvalue weighted by atomic mass is 16.5. The molecule has 0 aliphatic rings. The van der Waals surface area contributed by atoms with Gasteiger partial charge in [0.05, 0.1) is 6.61 Å². The molecule has 0 amide bonds. The molecule has 0 unspecified atom stereocenters. The summed E-state index contributed by atoms with van der Waals surface area (Å²) in [6.45, 7) is 1.42. The third-order valence-corrected chi connectivity index (χ3v) is 2.49. The van der Waals surface area contributed by atoms with E-state index < -0.39 is 0 Å². The maximum Gasteiger partial charge on any atom is 0.148 e. The molecular weight excluding hydrogens is 214 g/mol. The Hall–Kier alpha value is -1.81. The van der Waals surface area contributed by atoms with E-state index in [9.17, 15) is 0 Å². The Labute approximate surface area is 101 Å². The molecule has 0 atom stereocenters. The van der Waals surface area contributed by atoms with E-state index in [0.29, 0.717) is 6.61 Å². The van der Waals surface area contributed by atoms with Crippen molar-refractivity contribution in [3.8, 4) is 0 Å². The Bertz CT molecular complexity index is 479. The number of benzene rings is 1. The van der Waals surface area contributed by atoms with E-state index in [1.807, 2.05) is 25.4 Å². The Balaban J connectivity index is 1.96. The number of rotatable bonds is 5. The zero-order chi connectivity index (χ0) is 12.1. The van der Waals surface area contributed by atoms with Crippen molar-refractivity contribution >= 4 is 5.82 Å². The number of aromatic nitrogens is 2. The van der Waals surface area contributed by atoms with Crippen molar-refractivity contribution in [1.29, 1.82) is 0 Å². The molecule has 2 aromatic rings. The molecule has 1 aromatic carbocycles. The topological polar surface area (TPSA) is 39.1 Å². The van der Waals surface area contributed by atoms with Crippen LogP contribution in [0.25, 0.3) is 0 Å². The number of aryl methyl sites for hydroxylation is 1. The van der Waals surface area contributed by atoms with E-state index >= 15 is 0 Å². The average molecular weight is 231 g/mol. The van der Waals surface area contributed by atoms with Gasteiger partial charge in [0.25, 0.3) is 0 Å². The fourth-order valence-corrected chi connectivity index (χ4v) is 1.70. The Kier molecular flexibility index (Phi) is 3.77. The highest BCUT2D eigenvalue weighted by molar-refractivity contribution is 5.34. The molecule has 0 saturated heterocycles. The highest BCUT2D eigenvalue weighted by Crippen LogP contribution is 2.09. The molecule has 17 heavy (non-hydrogen) atoms. The lowest BCUT2D eigenvalue weighted by molar-refractivity contribution is 0.185. The van der Waals surface area contributed by atoms with Crippen LogP contribution in [0, 0.1) is 0 Å². The van der Waals surface area contributed by atoms with E-state index in [2.05, 4.69) is 28.6 Å². The lowest BCUT2D eigenvalue weighted by Crippen LogP contribution is -2.01. The molecule has 0 radical (unpaired) electrons. The van der Waals surface area contributed by atoms with E-state index in [-0.39, 0.29) is 0 Å². The van der Waals surface area contributed by atoms with Gasteiger partial charge >= 0.3 is 0 Å². The maximum atomic E-state index is 5.11. The van der Waals surface area contributed by atoms with Crippen molar-refractivity contribution in [2.24, 2.45) is 7.05 Å². The molecule has 0 aliphatic carbocycles. The number of ether oxygens (including phenoxy) is 1. The van der Waals surface area contributed by atoms with Gasteiger partial charge in [-0.3, -0.25) is 4.68 Å². The second-order valence-electron chi connectivity index (χ2n) is 3.98. The fraction of sp³-hybridized carbons (Fsp3) is 0.308. The van der Waals surface area contributed by atoms with Crippen LogP contribution >= 0.6 is 0 Å². The van der Waals surface area contributed by atoms with Gasteiger partial charge in [0.2, 0.25) is 0 Å². The van der Waals surface area contributed by atoms with E-state index in [1.165, 1.54) is 11.1 Å². The van der Waals surface area contributed by atoms with Gasteiger partial charge in [-0.2, -0.15) is 5.10 Å². The molecule has 0 spiro atoms. The summed E-state index contributed by atoms with van der Waals surface area (Å²) in [4.78, 5) is 0. The monoisotopic (exact) mass is 231 g/mol. The lowest BCUT2D eigenvalue weighted by Gasteiger charge is -2.05. The quantitative estimate of drug-likeness (QED) is 0.857. The minimum atomic E-state index is 0.650. The van der Waals surface area contributed by atoms with Gasteiger partial charge in [-0.05, 0) is 11.1 Å². The molecule has 2 rings (SSSR count). The van der Waals surface area contributed by atoms with Crippen LogP contribution in [0.5, 0.6) is 0 Å². The standard InChI is InChI=1S/C13H17N3O/c1-16-7-6-13(15-16)14-9-11-4-3-5-12(8-11)10-17-2/h3-8H,9-10H2,1-2H3,(H,14,15). The van der Waals surface area contributed by atoms with Gasteiger partial charge in [0.15, 0.2) is 0 Å². The molecule has 0 bridgehead atoms. The highest BCUT2D eigenvalue weighted by Gasteiger charge is 1.98. The second-order valence-corrected chi connectivity index (χ2v) is 3.98. The normalized spacial score (nSPS) is 10.5. The SMILES string of the molecule is COCc1cccc(CNc2ccn(C)n2)c1. The first-order valence-corrected chi connectivity index (χ1v) is 5.58.